The molecule has 2 aromatic rings. The van der Waals surface area contributed by atoms with Crippen molar-refractivity contribution in [2.45, 2.75) is 26.4 Å². The van der Waals surface area contributed by atoms with Crippen molar-refractivity contribution in [3.63, 3.8) is 0 Å². The molecule has 0 heterocycles. The Balaban J connectivity index is 2.51. The highest BCUT2D eigenvalue weighted by Gasteiger charge is 2.28. The summed E-state index contributed by atoms with van der Waals surface area (Å²) in [4.78, 5) is 26.9. The van der Waals surface area contributed by atoms with E-state index >= 15 is 0 Å². The van der Waals surface area contributed by atoms with E-state index in [1.54, 1.807) is 32.9 Å². The first kappa shape index (κ1) is 23.6. The zero-order valence-corrected chi connectivity index (χ0v) is 19.2. The Morgan fingerprint density at radius 2 is 1.55 bits per heavy atom. The lowest BCUT2D eigenvalue weighted by Gasteiger charge is -2.26. The van der Waals surface area contributed by atoms with Gasteiger partial charge in [0.15, 0.2) is 0 Å². The molecule has 0 spiro atoms. The molecule has 1 amide bonds. The molecule has 0 aliphatic rings. The molecule has 0 saturated heterocycles. The van der Waals surface area contributed by atoms with Gasteiger partial charge in [0.1, 0.15) is 17.9 Å². The molecule has 156 valence electrons. The summed E-state index contributed by atoms with van der Waals surface area (Å²) < 4.78 is 10.5. The van der Waals surface area contributed by atoms with Crippen LogP contribution in [-0.4, -0.2) is 31.1 Å². The average Bonchev–Trinajstić information content (AvgIpc) is 2.57. The minimum Gasteiger partial charge on any atom is -0.495 e. The fraction of sp³-hybridized carbons (Fsp3) is 0.300. The van der Waals surface area contributed by atoms with Crippen molar-refractivity contribution >= 4 is 64.0 Å². The molecule has 0 atom stereocenters. The highest BCUT2D eigenvalue weighted by atomic mass is 35.5. The Labute approximate surface area is 189 Å². The van der Waals surface area contributed by atoms with Gasteiger partial charge in [0.25, 0.3) is 5.91 Å². The van der Waals surface area contributed by atoms with Gasteiger partial charge in [-0.1, -0.05) is 46.4 Å². The van der Waals surface area contributed by atoms with Crippen LogP contribution >= 0.6 is 46.4 Å². The Hall–Kier alpha value is -1.66. The van der Waals surface area contributed by atoms with Crippen LogP contribution in [0.25, 0.3) is 0 Å². The molecule has 0 bridgehead atoms. The predicted octanol–water partition coefficient (Wildman–Crippen LogP) is 6.30. The van der Waals surface area contributed by atoms with E-state index in [-0.39, 0.29) is 32.2 Å². The number of benzene rings is 2. The van der Waals surface area contributed by atoms with Crippen molar-refractivity contribution in [2.75, 3.05) is 18.6 Å². The number of hydrogen-bond donors (Lipinski definition) is 0. The second-order valence-electron chi connectivity index (χ2n) is 7.04. The van der Waals surface area contributed by atoms with E-state index in [1.807, 2.05) is 0 Å². The summed E-state index contributed by atoms with van der Waals surface area (Å²) >= 11 is 24.5. The summed E-state index contributed by atoms with van der Waals surface area (Å²) in [5.74, 6) is -0.801. The molecule has 5 nitrogen and oxygen atoms in total. The van der Waals surface area contributed by atoms with E-state index < -0.39 is 17.5 Å². The first-order chi connectivity index (χ1) is 13.4. The number of methoxy groups -OCH3 is 1. The highest BCUT2D eigenvalue weighted by molar-refractivity contribution is 6.43. The topological polar surface area (TPSA) is 55.8 Å². The predicted molar refractivity (Wildman–Crippen MR) is 117 cm³/mol. The Morgan fingerprint density at radius 3 is 2.03 bits per heavy atom. The largest absolute Gasteiger partial charge is 0.495 e. The second-order valence-corrected chi connectivity index (χ2v) is 8.70. The number of ether oxygens (including phenoxy) is 2. The van der Waals surface area contributed by atoms with Crippen molar-refractivity contribution < 1.29 is 19.1 Å². The van der Waals surface area contributed by atoms with E-state index in [0.717, 1.165) is 0 Å². The smallest absolute Gasteiger partial charge is 0.326 e. The summed E-state index contributed by atoms with van der Waals surface area (Å²) in [6, 6.07) is 7.47. The van der Waals surface area contributed by atoms with Crippen molar-refractivity contribution in [3.05, 3.63) is 56.0 Å². The zero-order valence-electron chi connectivity index (χ0n) is 16.2. The van der Waals surface area contributed by atoms with Crippen LogP contribution in [0.4, 0.5) is 5.69 Å². The average molecular weight is 479 g/mol. The number of amides is 1. The molecule has 0 unspecified atom stereocenters. The number of nitrogens with zero attached hydrogens (tertiary/aromatic N) is 1. The lowest BCUT2D eigenvalue weighted by Crippen LogP contribution is -2.39. The number of carbonyl (C=O) groups is 2. The third-order valence-corrected chi connectivity index (χ3v) is 4.73. The molecular formula is C20H19Cl4NO4. The summed E-state index contributed by atoms with van der Waals surface area (Å²) in [6.07, 6.45) is 0. The van der Waals surface area contributed by atoms with Gasteiger partial charge in [-0.05, 0) is 51.1 Å². The summed E-state index contributed by atoms with van der Waals surface area (Å²) in [5, 5.41) is 0.658. The molecule has 0 fully saturated rings. The Bertz CT molecular complexity index is 918. The number of hydrogen-bond acceptors (Lipinski definition) is 4. The first-order valence-corrected chi connectivity index (χ1v) is 9.96. The van der Waals surface area contributed by atoms with Crippen LogP contribution in [0, 0.1) is 0 Å². The Morgan fingerprint density at radius 1 is 0.966 bits per heavy atom. The summed E-state index contributed by atoms with van der Waals surface area (Å²) in [6.45, 7) is 4.81. The molecule has 0 aromatic heterocycles. The Kier molecular flexibility index (Phi) is 7.68. The molecule has 0 aliphatic carbocycles. The van der Waals surface area contributed by atoms with E-state index in [0.29, 0.717) is 11.4 Å². The maximum Gasteiger partial charge on any atom is 0.326 e. The van der Waals surface area contributed by atoms with Gasteiger partial charge < -0.3 is 9.47 Å². The van der Waals surface area contributed by atoms with Gasteiger partial charge in [-0.25, -0.2) is 0 Å². The third-order valence-electron chi connectivity index (χ3n) is 3.62. The van der Waals surface area contributed by atoms with Gasteiger partial charge >= 0.3 is 5.97 Å². The van der Waals surface area contributed by atoms with Crippen molar-refractivity contribution in [3.8, 4) is 5.75 Å². The third kappa shape index (κ3) is 6.16. The van der Waals surface area contributed by atoms with Crippen LogP contribution in [0.5, 0.6) is 5.75 Å². The van der Waals surface area contributed by atoms with Crippen molar-refractivity contribution in [1.82, 2.24) is 0 Å². The number of rotatable bonds is 5. The van der Waals surface area contributed by atoms with Gasteiger partial charge in [0.2, 0.25) is 0 Å². The number of carbonyl (C=O) groups excluding carboxylic acids is 2. The minimum atomic E-state index is -0.723. The van der Waals surface area contributed by atoms with Crippen LogP contribution in [0.1, 0.15) is 31.1 Å². The second kappa shape index (κ2) is 9.43. The van der Waals surface area contributed by atoms with Gasteiger partial charge in [-0.2, -0.15) is 0 Å². The van der Waals surface area contributed by atoms with Crippen LogP contribution in [0.15, 0.2) is 30.3 Å². The van der Waals surface area contributed by atoms with Gasteiger partial charge in [-0.15, -0.1) is 0 Å². The monoisotopic (exact) mass is 477 g/mol. The maximum absolute atomic E-state index is 13.3. The molecule has 0 saturated carbocycles. The summed E-state index contributed by atoms with van der Waals surface area (Å²) in [7, 11) is 1.47. The summed E-state index contributed by atoms with van der Waals surface area (Å²) in [5.41, 5.74) is -0.374. The van der Waals surface area contributed by atoms with Crippen LogP contribution < -0.4 is 9.64 Å². The lowest BCUT2D eigenvalue weighted by molar-refractivity contribution is -0.152. The molecule has 2 aromatic carbocycles. The van der Waals surface area contributed by atoms with E-state index in [2.05, 4.69) is 0 Å². The molecule has 0 radical (unpaired) electrons. The van der Waals surface area contributed by atoms with Crippen LogP contribution in [-0.2, 0) is 9.53 Å². The van der Waals surface area contributed by atoms with Crippen molar-refractivity contribution in [2.24, 2.45) is 0 Å². The van der Waals surface area contributed by atoms with Gasteiger partial charge in [-0.3, -0.25) is 14.5 Å². The molecule has 0 N–H and O–H groups in total. The van der Waals surface area contributed by atoms with Gasteiger partial charge in [0.05, 0.1) is 27.7 Å². The normalized spacial score (nSPS) is 11.2. The van der Waals surface area contributed by atoms with Crippen LogP contribution in [0.2, 0.25) is 20.1 Å². The minimum absolute atomic E-state index is 0.00762. The fourth-order valence-electron chi connectivity index (χ4n) is 2.49. The quantitative estimate of drug-likeness (QED) is 0.473. The number of esters is 1. The number of anilines is 1. The standard InChI is InChI=1S/C20H19Cl4NO4/c1-20(2,3)29-17(26)10-25(12-5-6-16(28-4)13(22)9-12)19(27)18-14(23)7-11(21)8-15(18)24/h5-9H,10H2,1-4H3. The highest BCUT2D eigenvalue weighted by Crippen LogP contribution is 2.34. The lowest BCUT2D eigenvalue weighted by atomic mass is 10.1. The number of halogens is 4. The van der Waals surface area contributed by atoms with E-state index in [1.165, 1.54) is 30.2 Å². The molecule has 29 heavy (non-hydrogen) atoms. The van der Waals surface area contributed by atoms with Crippen molar-refractivity contribution in [1.29, 1.82) is 0 Å². The van der Waals surface area contributed by atoms with E-state index in [9.17, 15) is 9.59 Å². The van der Waals surface area contributed by atoms with E-state index in [4.69, 9.17) is 55.9 Å². The molecule has 9 heteroatoms. The fourth-order valence-corrected chi connectivity index (χ4v) is 3.72. The maximum atomic E-state index is 13.3. The molecular weight excluding hydrogens is 460 g/mol. The zero-order chi connectivity index (χ0) is 21.9. The first-order valence-electron chi connectivity index (χ1n) is 8.44. The van der Waals surface area contributed by atoms with Crippen LogP contribution in [0.3, 0.4) is 0 Å². The molecule has 2 rings (SSSR count). The SMILES string of the molecule is COc1ccc(N(CC(=O)OC(C)(C)C)C(=O)c2c(Cl)cc(Cl)cc2Cl)cc1Cl. The molecule has 0 aliphatic heterocycles. The van der Waals surface area contributed by atoms with Gasteiger partial charge in [0, 0.05) is 10.7 Å².